The Balaban J connectivity index is 1.72. The van der Waals surface area contributed by atoms with Gasteiger partial charge in [-0.05, 0) is 35.7 Å². The third-order valence-electron chi connectivity index (χ3n) is 4.08. The zero-order valence-corrected chi connectivity index (χ0v) is 13.6. The Labute approximate surface area is 148 Å². The summed E-state index contributed by atoms with van der Waals surface area (Å²) in [7, 11) is 0. The molecule has 1 aliphatic rings. The molecular weight excluding hydrogens is 380 g/mol. The van der Waals surface area contributed by atoms with Crippen molar-refractivity contribution < 1.29 is 35.9 Å². The molecule has 1 aromatic heterocycles. The Kier molecular flexibility index (Phi) is 4.79. The highest BCUT2D eigenvalue weighted by Crippen LogP contribution is 2.36. The molecule has 0 aliphatic carbocycles. The van der Waals surface area contributed by atoms with E-state index in [1.165, 1.54) is 4.90 Å². The van der Waals surface area contributed by atoms with Crippen molar-refractivity contribution in [3.8, 4) is 0 Å². The first-order chi connectivity index (χ1) is 12.5. The SMILES string of the molecule is O=C(OCc1cc(C(F)(F)F)cc(C(F)(F)F)c1)N1CCc2cn[nH]c2C1. The molecule has 0 saturated carbocycles. The fourth-order valence-corrected chi connectivity index (χ4v) is 2.71. The topological polar surface area (TPSA) is 58.2 Å². The van der Waals surface area contributed by atoms with Crippen LogP contribution in [0.4, 0.5) is 31.1 Å². The lowest BCUT2D eigenvalue weighted by Gasteiger charge is -2.25. The van der Waals surface area contributed by atoms with Crippen LogP contribution in [0, 0.1) is 0 Å². The number of hydrogen-bond donors (Lipinski definition) is 1. The summed E-state index contributed by atoms with van der Waals surface area (Å²) in [5.41, 5.74) is -1.67. The standard InChI is InChI=1S/C16H13F6N3O2/c17-15(18,19)11-3-9(4-12(5-11)16(20,21)22)8-27-14(26)25-2-1-10-6-23-24-13(10)7-25/h3-6H,1-2,7-8H2,(H,23,24). The summed E-state index contributed by atoms with van der Waals surface area (Å²) < 4.78 is 82.0. The minimum Gasteiger partial charge on any atom is -0.445 e. The lowest BCUT2D eigenvalue weighted by atomic mass is 10.1. The molecule has 1 N–H and O–H groups in total. The maximum absolute atomic E-state index is 12.8. The third kappa shape index (κ3) is 4.34. The molecule has 0 radical (unpaired) electrons. The lowest BCUT2D eigenvalue weighted by molar-refractivity contribution is -0.143. The van der Waals surface area contributed by atoms with Crippen molar-refractivity contribution in [1.29, 1.82) is 0 Å². The molecule has 0 unspecified atom stereocenters. The summed E-state index contributed by atoms with van der Waals surface area (Å²) in [6.07, 6.45) is -8.60. The molecule has 0 saturated heterocycles. The summed E-state index contributed by atoms with van der Waals surface area (Å²) in [6, 6.07) is 1.09. The van der Waals surface area contributed by atoms with Gasteiger partial charge in [-0.1, -0.05) is 0 Å². The largest absolute Gasteiger partial charge is 0.445 e. The van der Waals surface area contributed by atoms with Crippen molar-refractivity contribution in [3.63, 3.8) is 0 Å². The Hall–Kier alpha value is -2.72. The zero-order valence-electron chi connectivity index (χ0n) is 13.6. The van der Waals surface area contributed by atoms with E-state index in [9.17, 15) is 31.1 Å². The zero-order chi connectivity index (χ0) is 19.8. The normalized spacial score (nSPS) is 14.8. The van der Waals surface area contributed by atoms with Crippen molar-refractivity contribution in [1.82, 2.24) is 15.1 Å². The van der Waals surface area contributed by atoms with E-state index in [0.717, 1.165) is 5.56 Å². The van der Waals surface area contributed by atoms with Gasteiger partial charge in [-0.3, -0.25) is 5.10 Å². The maximum atomic E-state index is 12.8. The first-order valence-corrected chi connectivity index (χ1v) is 7.75. The molecule has 0 fully saturated rings. The summed E-state index contributed by atoms with van der Waals surface area (Å²) in [6.45, 7) is -0.232. The molecule has 0 bridgehead atoms. The van der Waals surface area contributed by atoms with Crippen LogP contribution in [0.15, 0.2) is 24.4 Å². The lowest BCUT2D eigenvalue weighted by Crippen LogP contribution is -2.36. The number of aromatic nitrogens is 2. The molecule has 1 amide bonds. The average Bonchev–Trinajstić information content (AvgIpc) is 3.05. The second-order valence-electron chi connectivity index (χ2n) is 6.01. The summed E-state index contributed by atoms with van der Waals surface area (Å²) >= 11 is 0. The quantitative estimate of drug-likeness (QED) is 0.781. The van der Waals surface area contributed by atoms with Gasteiger partial charge in [-0.15, -0.1) is 0 Å². The predicted octanol–water partition coefficient (Wildman–Crippen LogP) is 4.14. The highest BCUT2D eigenvalue weighted by molar-refractivity contribution is 5.68. The molecule has 3 rings (SSSR count). The van der Waals surface area contributed by atoms with Crippen molar-refractivity contribution in [3.05, 3.63) is 52.3 Å². The molecule has 2 aromatic rings. The molecular formula is C16H13F6N3O2. The van der Waals surface area contributed by atoms with Crippen molar-refractivity contribution in [2.45, 2.75) is 31.9 Å². The van der Waals surface area contributed by atoms with Crippen LogP contribution in [0.5, 0.6) is 0 Å². The number of carbonyl (C=O) groups excluding carboxylic acids is 1. The fraction of sp³-hybridized carbons (Fsp3) is 0.375. The van der Waals surface area contributed by atoms with E-state index in [1.54, 1.807) is 6.20 Å². The second-order valence-corrected chi connectivity index (χ2v) is 6.01. The summed E-state index contributed by atoms with van der Waals surface area (Å²) in [4.78, 5) is 13.4. The van der Waals surface area contributed by atoms with E-state index in [4.69, 9.17) is 4.74 Å². The molecule has 0 spiro atoms. The van der Waals surface area contributed by atoms with E-state index < -0.39 is 41.7 Å². The van der Waals surface area contributed by atoms with E-state index in [-0.39, 0.29) is 12.6 Å². The molecule has 11 heteroatoms. The van der Waals surface area contributed by atoms with Crippen LogP contribution in [-0.2, 0) is 36.7 Å². The number of alkyl halides is 6. The van der Waals surface area contributed by atoms with Crippen LogP contribution < -0.4 is 0 Å². The van der Waals surface area contributed by atoms with Gasteiger partial charge in [0.1, 0.15) is 6.61 Å². The van der Waals surface area contributed by atoms with Gasteiger partial charge in [0, 0.05) is 6.54 Å². The van der Waals surface area contributed by atoms with Gasteiger partial charge in [0.15, 0.2) is 0 Å². The number of rotatable bonds is 2. The number of hydrogen-bond acceptors (Lipinski definition) is 3. The Bertz CT molecular complexity index is 811. The number of H-pyrrole nitrogens is 1. The van der Waals surface area contributed by atoms with E-state index in [0.29, 0.717) is 30.8 Å². The molecule has 1 aromatic carbocycles. The van der Waals surface area contributed by atoms with Crippen molar-refractivity contribution in [2.24, 2.45) is 0 Å². The number of aromatic amines is 1. The number of ether oxygens (including phenoxy) is 1. The number of halogens is 6. The first kappa shape index (κ1) is 19.1. The maximum Gasteiger partial charge on any atom is 0.416 e. The van der Waals surface area contributed by atoms with E-state index in [1.807, 2.05) is 0 Å². The Morgan fingerprint density at radius 3 is 2.33 bits per heavy atom. The monoisotopic (exact) mass is 393 g/mol. The van der Waals surface area contributed by atoms with Crippen molar-refractivity contribution >= 4 is 6.09 Å². The Morgan fingerprint density at radius 2 is 1.74 bits per heavy atom. The molecule has 5 nitrogen and oxygen atoms in total. The highest BCUT2D eigenvalue weighted by Gasteiger charge is 2.37. The van der Waals surface area contributed by atoms with Crippen LogP contribution in [0.1, 0.15) is 27.9 Å². The van der Waals surface area contributed by atoms with Gasteiger partial charge in [0.05, 0.1) is 29.6 Å². The van der Waals surface area contributed by atoms with Crippen LogP contribution in [-0.4, -0.2) is 27.7 Å². The smallest absolute Gasteiger partial charge is 0.416 e. The molecule has 1 aliphatic heterocycles. The number of nitrogens with zero attached hydrogens (tertiary/aromatic N) is 2. The highest BCUT2D eigenvalue weighted by atomic mass is 19.4. The Morgan fingerprint density at radius 1 is 1.11 bits per heavy atom. The molecule has 2 heterocycles. The van der Waals surface area contributed by atoms with E-state index in [2.05, 4.69) is 10.2 Å². The van der Waals surface area contributed by atoms with Crippen LogP contribution in [0.3, 0.4) is 0 Å². The minimum absolute atomic E-state index is 0.0235. The second kappa shape index (κ2) is 6.78. The number of amides is 1. The number of benzene rings is 1. The van der Waals surface area contributed by atoms with Crippen LogP contribution >= 0.6 is 0 Å². The summed E-state index contributed by atoms with van der Waals surface area (Å²) in [5, 5.41) is 6.55. The van der Waals surface area contributed by atoms with Gasteiger partial charge in [0.25, 0.3) is 0 Å². The number of fused-ring (bicyclic) bond motifs is 1. The predicted molar refractivity (Wildman–Crippen MR) is 79.3 cm³/mol. The van der Waals surface area contributed by atoms with Crippen molar-refractivity contribution in [2.75, 3.05) is 6.54 Å². The molecule has 0 atom stereocenters. The van der Waals surface area contributed by atoms with Gasteiger partial charge >= 0.3 is 18.4 Å². The van der Waals surface area contributed by atoms with Gasteiger partial charge in [-0.2, -0.15) is 31.4 Å². The van der Waals surface area contributed by atoms with Gasteiger partial charge < -0.3 is 9.64 Å². The fourth-order valence-electron chi connectivity index (χ4n) is 2.71. The number of carbonyl (C=O) groups is 1. The summed E-state index contributed by atoms with van der Waals surface area (Å²) in [5.74, 6) is 0. The first-order valence-electron chi connectivity index (χ1n) is 7.75. The van der Waals surface area contributed by atoms with Gasteiger partial charge in [-0.25, -0.2) is 4.79 Å². The molecule has 27 heavy (non-hydrogen) atoms. The van der Waals surface area contributed by atoms with Crippen LogP contribution in [0.25, 0.3) is 0 Å². The third-order valence-corrected chi connectivity index (χ3v) is 4.08. The molecule has 146 valence electrons. The van der Waals surface area contributed by atoms with Gasteiger partial charge in [0.2, 0.25) is 0 Å². The van der Waals surface area contributed by atoms with Crippen LogP contribution in [0.2, 0.25) is 0 Å². The average molecular weight is 393 g/mol. The number of nitrogens with one attached hydrogen (secondary N) is 1. The minimum atomic E-state index is -4.95. The van der Waals surface area contributed by atoms with E-state index >= 15 is 0 Å².